The Morgan fingerprint density at radius 3 is 2.43 bits per heavy atom. The lowest BCUT2D eigenvalue weighted by Crippen LogP contribution is -2.54. The van der Waals surface area contributed by atoms with Crippen LogP contribution in [0.25, 0.3) is 0 Å². The SMILES string of the molecule is NC(N)=NCCCC(NC(=O)C(Cc1ccc(O)cc1)NC(=O)CNC(=O)C1CCCN1)C(=O)O. The molecule has 1 aliphatic rings. The van der Waals surface area contributed by atoms with Gasteiger partial charge in [-0.2, -0.15) is 0 Å². The number of phenolic OH excluding ortho intramolecular Hbond substituents is 1. The number of carbonyl (C=O) groups excluding carboxylic acids is 3. The molecule has 0 radical (unpaired) electrons. The van der Waals surface area contributed by atoms with E-state index in [9.17, 15) is 29.4 Å². The van der Waals surface area contributed by atoms with Crippen molar-refractivity contribution in [1.29, 1.82) is 0 Å². The van der Waals surface area contributed by atoms with Crippen molar-refractivity contribution < 1.29 is 29.4 Å². The van der Waals surface area contributed by atoms with Gasteiger partial charge in [0.15, 0.2) is 5.96 Å². The number of aliphatic carboxylic acids is 1. The van der Waals surface area contributed by atoms with Crippen molar-refractivity contribution in [2.24, 2.45) is 16.5 Å². The largest absolute Gasteiger partial charge is 0.508 e. The van der Waals surface area contributed by atoms with Crippen molar-refractivity contribution in [2.45, 2.75) is 50.2 Å². The van der Waals surface area contributed by atoms with Gasteiger partial charge >= 0.3 is 5.97 Å². The maximum absolute atomic E-state index is 12.9. The number of carboxylic acid groups (broad SMARTS) is 1. The van der Waals surface area contributed by atoms with Crippen LogP contribution in [-0.4, -0.2) is 77.6 Å². The Labute approximate surface area is 202 Å². The lowest BCUT2D eigenvalue weighted by Gasteiger charge is -2.22. The number of nitrogens with two attached hydrogens (primary N) is 2. The van der Waals surface area contributed by atoms with Crippen LogP contribution in [0.4, 0.5) is 0 Å². The van der Waals surface area contributed by atoms with Crippen molar-refractivity contribution in [3.05, 3.63) is 29.8 Å². The van der Waals surface area contributed by atoms with Crippen LogP contribution >= 0.6 is 0 Å². The van der Waals surface area contributed by atoms with Crippen LogP contribution in [0.1, 0.15) is 31.2 Å². The van der Waals surface area contributed by atoms with Crippen LogP contribution in [0.2, 0.25) is 0 Å². The summed E-state index contributed by atoms with van der Waals surface area (Å²) in [5.74, 6) is -2.93. The molecule has 3 unspecified atom stereocenters. The minimum Gasteiger partial charge on any atom is -0.508 e. The Morgan fingerprint density at radius 1 is 1.11 bits per heavy atom. The lowest BCUT2D eigenvalue weighted by molar-refractivity contribution is -0.142. The molecule has 1 saturated heterocycles. The minimum absolute atomic E-state index is 0.0359. The van der Waals surface area contributed by atoms with Gasteiger partial charge in [-0.1, -0.05) is 12.1 Å². The van der Waals surface area contributed by atoms with Gasteiger partial charge in [0.2, 0.25) is 17.7 Å². The summed E-state index contributed by atoms with van der Waals surface area (Å²) in [4.78, 5) is 53.0. The fraction of sp³-hybridized carbons (Fsp3) is 0.500. The van der Waals surface area contributed by atoms with E-state index in [1.165, 1.54) is 12.1 Å². The maximum Gasteiger partial charge on any atom is 0.326 e. The second-order valence-corrected chi connectivity index (χ2v) is 8.21. The highest BCUT2D eigenvalue weighted by Crippen LogP contribution is 2.12. The normalized spacial score (nSPS) is 16.5. The molecule has 0 aliphatic carbocycles. The number of guanidine groups is 1. The lowest BCUT2D eigenvalue weighted by atomic mass is 10.0. The number of rotatable bonds is 13. The predicted molar refractivity (Wildman–Crippen MR) is 127 cm³/mol. The number of amides is 3. The molecule has 1 aromatic carbocycles. The summed E-state index contributed by atoms with van der Waals surface area (Å²) in [5, 5.41) is 29.5. The van der Waals surface area contributed by atoms with Gasteiger partial charge in [0.25, 0.3) is 0 Å². The molecule has 10 N–H and O–H groups in total. The molecule has 1 heterocycles. The van der Waals surface area contributed by atoms with Crippen LogP contribution < -0.4 is 32.7 Å². The van der Waals surface area contributed by atoms with Gasteiger partial charge in [-0.05, 0) is 49.9 Å². The van der Waals surface area contributed by atoms with E-state index < -0.39 is 29.9 Å². The summed E-state index contributed by atoms with van der Waals surface area (Å²) in [6.07, 6.45) is 1.97. The highest BCUT2D eigenvalue weighted by atomic mass is 16.4. The molecule has 3 amide bonds. The third-order valence-corrected chi connectivity index (χ3v) is 5.39. The molecule has 2 rings (SSSR count). The van der Waals surface area contributed by atoms with Crippen LogP contribution in [0.3, 0.4) is 0 Å². The van der Waals surface area contributed by atoms with Crippen molar-refractivity contribution in [3.63, 3.8) is 0 Å². The first kappa shape index (κ1) is 27.4. The number of aliphatic imine (C=N–C) groups is 1. The predicted octanol–water partition coefficient (Wildman–Crippen LogP) is -2.09. The maximum atomic E-state index is 12.9. The number of carboxylic acids is 1. The van der Waals surface area contributed by atoms with Crippen LogP contribution in [0.15, 0.2) is 29.3 Å². The molecule has 1 fully saturated rings. The number of aromatic hydroxyl groups is 1. The summed E-state index contributed by atoms with van der Waals surface area (Å²) in [6, 6.07) is 3.35. The van der Waals surface area contributed by atoms with E-state index in [-0.39, 0.29) is 49.6 Å². The second-order valence-electron chi connectivity index (χ2n) is 8.21. The van der Waals surface area contributed by atoms with E-state index in [0.29, 0.717) is 18.4 Å². The average molecular weight is 492 g/mol. The monoisotopic (exact) mass is 491 g/mol. The van der Waals surface area contributed by atoms with Gasteiger partial charge in [-0.25, -0.2) is 4.79 Å². The molecular weight excluding hydrogens is 458 g/mol. The zero-order valence-corrected chi connectivity index (χ0v) is 19.3. The topological polar surface area (TPSA) is 221 Å². The Bertz CT molecular complexity index is 911. The van der Waals surface area contributed by atoms with Gasteiger partial charge in [-0.15, -0.1) is 0 Å². The first-order chi connectivity index (χ1) is 16.7. The number of carbonyl (C=O) groups is 4. The van der Waals surface area contributed by atoms with Gasteiger partial charge in [0, 0.05) is 13.0 Å². The molecule has 13 heteroatoms. The Hall–Kier alpha value is -3.87. The van der Waals surface area contributed by atoms with Crippen LogP contribution in [0.5, 0.6) is 5.75 Å². The molecule has 0 aromatic heterocycles. The van der Waals surface area contributed by atoms with Crippen molar-refractivity contribution in [2.75, 3.05) is 19.6 Å². The Balaban J connectivity index is 2.02. The second kappa shape index (κ2) is 13.7. The third-order valence-electron chi connectivity index (χ3n) is 5.39. The van der Waals surface area contributed by atoms with E-state index in [4.69, 9.17) is 11.5 Å². The first-order valence-corrected chi connectivity index (χ1v) is 11.3. The number of nitrogens with zero attached hydrogens (tertiary/aromatic N) is 1. The highest BCUT2D eigenvalue weighted by Gasteiger charge is 2.27. The van der Waals surface area contributed by atoms with Gasteiger partial charge in [-0.3, -0.25) is 19.4 Å². The molecule has 1 aliphatic heterocycles. The van der Waals surface area contributed by atoms with Crippen molar-refractivity contribution in [3.8, 4) is 5.75 Å². The fourth-order valence-electron chi connectivity index (χ4n) is 3.55. The highest BCUT2D eigenvalue weighted by molar-refractivity contribution is 5.92. The molecule has 13 nitrogen and oxygen atoms in total. The number of nitrogens with one attached hydrogen (secondary N) is 4. The van der Waals surface area contributed by atoms with Gasteiger partial charge in [0.1, 0.15) is 17.8 Å². The van der Waals surface area contributed by atoms with Gasteiger partial charge in [0.05, 0.1) is 12.6 Å². The minimum atomic E-state index is -1.24. The van der Waals surface area contributed by atoms with Crippen LogP contribution in [-0.2, 0) is 25.6 Å². The standard InChI is InChI=1S/C22H33N7O6/c23-22(24)26-10-2-4-16(21(34)35)29-20(33)17(11-13-5-7-14(30)8-6-13)28-18(31)12-27-19(32)15-3-1-9-25-15/h5-8,15-17,25,30H,1-4,9-12H2,(H,27,32)(H,28,31)(H,29,33)(H,34,35)(H4,23,24,26). The van der Waals surface area contributed by atoms with E-state index in [1.54, 1.807) is 12.1 Å². The number of benzene rings is 1. The molecule has 1 aromatic rings. The third kappa shape index (κ3) is 9.88. The van der Waals surface area contributed by atoms with E-state index >= 15 is 0 Å². The summed E-state index contributed by atoms with van der Waals surface area (Å²) < 4.78 is 0. The van der Waals surface area contributed by atoms with Crippen LogP contribution in [0, 0.1) is 0 Å². The molecule has 35 heavy (non-hydrogen) atoms. The average Bonchev–Trinajstić information content (AvgIpc) is 3.35. The molecular formula is C22H33N7O6. The summed E-state index contributed by atoms with van der Waals surface area (Å²) >= 11 is 0. The van der Waals surface area contributed by atoms with Crippen molar-refractivity contribution >= 4 is 29.7 Å². The molecule has 192 valence electrons. The molecule has 0 spiro atoms. The van der Waals surface area contributed by atoms with Crippen molar-refractivity contribution in [1.82, 2.24) is 21.3 Å². The molecule has 3 atom stereocenters. The summed E-state index contributed by atoms with van der Waals surface area (Å²) in [6.45, 7) is 0.596. The number of phenols is 1. The Kier molecular flexibility index (Phi) is 10.8. The summed E-state index contributed by atoms with van der Waals surface area (Å²) in [7, 11) is 0. The Morgan fingerprint density at radius 2 is 1.83 bits per heavy atom. The number of hydrogen-bond donors (Lipinski definition) is 8. The summed E-state index contributed by atoms with van der Waals surface area (Å²) in [5.41, 5.74) is 11.1. The quantitative estimate of drug-likeness (QED) is 0.0859. The molecule has 0 saturated carbocycles. The smallest absolute Gasteiger partial charge is 0.326 e. The number of hydrogen-bond acceptors (Lipinski definition) is 7. The zero-order chi connectivity index (χ0) is 25.8. The zero-order valence-electron chi connectivity index (χ0n) is 19.3. The van der Waals surface area contributed by atoms with Gasteiger partial charge < -0.3 is 42.9 Å². The molecule has 0 bridgehead atoms. The van der Waals surface area contributed by atoms with E-state index in [1.807, 2.05) is 0 Å². The first-order valence-electron chi connectivity index (χ1n) is 11.3. The van der Waals surface area contributed by atoms with E-state index in [0.717, 1.165) is 13.0 Å². The van der Waals surface area contributed by atoms with E-state index in [2.05, 4.69) is 26.3 Å². The fourth-order valence-corrected chi connectivity index (χ4v) is 3.55.